The second-order valence-corrected chi connectivity index (χ2v) is 4.69. The van der Waals surface area contributed by atoms with Crippen LogP contribution in [0.4, 0.5) is 8.78 Å². The Morgan fingerprint density at radius 2 is 1.79 bits per heavy atom. The standard InChI is InChI=1S/C5H7F2N3O3S/c1-9-3(11)5(6,7)14(12,13)10(2)4(9)8/h8H,1-2H3. The van der Waals surface area contributed by atoms with Gasteiger partial charge < -0.3 is 0 Å². The number of carbonyl (C=O) groups is 1. The zero-order valence-corrected chi connectivity index (χ0v) is 8.10. The predicted molar refractivity (Wildman–Crippen MR) is 42.1 cm³/mol. The Morgan fingerprint density at radius 3 is 2.21 bits per heavy atom. The average Bonchev–Trinajstić information content (AvgIpc) is 2.10. The molecule has 1 saturated heterocycles. The summed E-state index contributed by atoms with van der Waals surface area (Å²) in [7, 11) is -3.39. The summed E-state index contributed by atoms with van der Waals surface area (Å²) in [5.41, 5.74) is 0. The molecule has 80 valence electrons. The van der Waals surface area contributed by atoms with Gasteiger partial charge >= 0.3 is 21.2 Å². The van der Waals surface area contributed by atoms with Crippen molar-refractivity contribution < 1.29 is 22.0 Å². The summed E-state index contributed by atoms with van der Waals surface area (Å²) < 4.78 is 47.9. The summed E-state index contributed by atoms with van der Waals surface area (Å²) in [6.45, 7) is 0. The van der Waals surface area contributed by atoms with Crippen molar-refractivity contribution in [2.24, 2.45) is 0 Å². The summed E-state index contributed by atoms with van der Waals surface area (Å²) >= 11 is 0. The quantitative estimate of drug-likeness (QED) is 0.591. The maximum absolute atomic E-state index is 12.9. The fourth-order valence-corrected chi connectivity index (χ4v) is 1.95. The van der Waals surface area contributed by atoms with Crippen LogP contribution in [0, 0.1) is 5.41 Å². The molecule has 1 fully saturated rings. The molecule has 0 bridgehead atoms. The molecule has 6 nitrogen and oxygen atoms in total. The van der Waals surface area contributed by atoms with E-state index in [2.05, 4.69) is 0 Å². The normalized spacial score (nSPS) is 25.4. The van der Waals surface area contributed by atoms with Gasteiger partial charge in [-0.1, -0.05) is 0 Å². The number of nitrogens with one attached hydrogen (secondary N) is 1. The van der Waals surface area contributed by atoms with Gasteiger partial charge in [-0.05, 0) is 0 Å². The maximum Gasteiger partial charge on any atom is 0.441 e. The number of amides is 1. The van der Waals surface area contributed by atoms with Gasteiger partial charge in [-0.2, -0.15) is 17.2 Å². The molecule has 0 radical (unpaired) electrons. The molecule has 0 atom stereocenters. The molecule has 1 heterocycles. The van der Waals surface area contributed by atoms with Gasteiger partial charge in [0.15, 0.2) is 0 Å². The molecule has 0 spiro atoms. The van der Waals surface area contributed by atoms with Gasteiger partial charge in [0.05, 0.1) is 0 Å². The van der Waals surface area contributed by atoms with Gasteiger partial charge in [0.2, 0.25) is 5.96 Å². The molecule has 1 aliphatic rings. The summed E-state index contributed by atoms with van der Waals surface area (Å²) in [5.74, 6) is -2.72. The van der Waals surface area contributed by atoms with E-state index < -0.39 is 27.1 Å². The molecule has 1 aliphatic heterocycles. The van der Waals surface area contributed by atoms with Crippen LogP contribution in [0.2, 0.25) is 0 Å². The highest BCUT2D eigenvalue weighted by Gasteiger charge is 2.61. The van der Waals surface area contributed by atoms with Gasteiger partial charge in [0.1, 0.15) is 0 Å². The predicted octanol–water partition coefficient (Wildman–Crippen LogP) is -0.752. The fraction of sp³-hybridized carbons (Fsp3) is 0.600. The fourth-order valence-electron chi connectivity index (χ4n) is 0.899. The first-order valence-corrected chi connectivity index (χ1v) is 4.81. The molecule has 14 heavy (non-hydrogen) atoms. The molecule has 0 saturated carbocycles. The van der Waals surface area contributed by atoms with Gasteiger partial charge in [0, 0.05) is 14.1 Å². The summed E-state index contributed by atoms with van der Waals surface area (Å²) in [4.78, 5) is 11.1. The minimum Gasteiger partial charge on any atom is -0.279 e. The molecule has 0 unspecified atom stereocenters. The largest absolute Gasteiger partial charge is 0.441 e. The molecule has 0 aromatic heterocycles. The lowest BCUT2D eigenvalue weighted by Crippen LogP contribution is -2.62. The Morgan fingerprint density at radius 1 is 1.36 bits per heavy atom. The van der Waals surface area contributed by atoms with E-state index in [1.807, 2.05) is 0 Å². The lowest BCUT2D eigenvalue weighted by molar-refractivity contribution is -0.143. The van der Waals surface area contributed by atoms with E-state index in [0.717, 1.165) is 14.1 Å². The highest BCUT2D eigenvalue weighted by molar-refractivity contribution is 7.91. The van der Waals surface area contributed by atoms with Crippen molar-refractivity contribution >= 4 is 21.9 Å². The third-order valence-corrected chi connectivity index (χ3v) is 3.57. The Bertz CT molecular complexity index is 404. The highest BCUT2D eigenvalue weighted by atomic mass is 32.2. The van der Waals surface area contributed by atoms with Crippen molar-refractivity contribution in [1.29, 1.82) is 5.41 Å². The van der Waals surface area contributed by atoms with Crippen LogP contribution in [0.15, 0.2) is 0 Å². The number of nitrogens with zero attached hydrogens (tertiary/aromatic N) is 2. The Kier molecular flexibility index (Phi) is 2.03. The first-order valence-electron chi connectivity index (χ1n) is 3.37. The Balaban J connectivity index is 3.40. The monoisotopic (exact) mass is 227 g/mol. The number of hydrogen-bond acceptors (Lipinski definition) is 4. The summed E-state index contributed by atoms with van der Waals surface area (Å²) in [5, 5.41) is 2.58. The number of carbonyl (C=O) groups excluding carboxylic acids is 1. The van der Waals surface area contributed by atoms with Gasteiger partial charge in [-0.25, -0.2) is 4.31 Å². The third-order valence-electron chi connectivity index (χ3n) is 1.85. The first-order chi connectivity index (χ1) is 6.14. The van der Waals surface area contributed by atoms with E-state index >= 15 is 0 Å². The molecule has 0 aromatic rings. The van der Waals surface area contributed by atoms with Crippen LogP contribution < -0.4 is 0 Å². The second-order valence-electron chi connectivity index (χ2n) is 2.68. The molecule has 0 aliphatic carbocycles. The number of alkyl halides is 2. The third kappa shape index (κ3) is 1.01. The summed E-state index contributed by atoms with van der Waals surface area (Å²) in [6.07, 6.45) is 0. The highest BCUT2D eigenvalue weighted by Crippen LogP contribution is 2.31. The van der Waals surface area contributed by atoms with E-state index in [9.17, 15) is 22.0 Å². The molecule has 1 amide bonds. The number of hydrogen-bond donors (Lipinski definition) is 1. The van der Waals surface area contributed by atoms with Crippen molar-refractivity contribution in [1.82, 2.24) is 9.21 Å². The average molecular weight is 227 g/mol. The van der Waals surface area contributed by atoms with Gasteiger partial charge in [0.25, 0.3) is 0 Å². The molecular formula is C5H7F2N3O3S. The molecule has 0 aromatic carbocycles. The SMILES string of the molecule is CN1C(=N)N(C)S(=O)(=O)C(F)(F)C1=O. The number of rotatable bonds is 0. The van der Waals surface area contributed by atoms with Crippen LogP contribution in [0.3, 0.4) is 0 Å². The van der Waals surface area contributed by atoms with Crippen molar-refractivity contribution in [3.05, 3.63) is 0 Å². The van der Waals surface area contributed by atoms with Crippen molar-refractivity contribution in [2.45, 2.75) is 5.25 Å². The topological polar surface area (TPSA) is 81.5 Å². The Hall–Kier alpha value is -1.25. The zero-order valence-electron chi connectivity index (χ0n) is 7.28. The number of halogens is 2. The van der Waals surface area contributed by atoms with E-state index in [4.69, 9.17) is 5.41 Å². The van der Waals surface area contributed by atoms with Crippen LogP contribution >= 0.6 is 0 Å². The second kappa shape index (κ2) is 2.62. The lowest BCUT2D eigenvalue weighted by Gasteiger charge is -2.35. The minimum atomic E-state index is -5.09. The van der Waals surface area contributed by atoms with Crippen molar-refractivity contribution in [3.63, 3.8) is 0 Å². The van der Waals surface area contributed by atoms with Crippen molar-refractivity contribution in [3.8, 4) is 0 Å². The summed E-state index contributed by atoms with van der Waals surface area (Å²) in [6, 6.07) is 0. The van der Waals surface area contributed by atoms with E-state index in [-0.39, 0.29) is 9.21 Å². The van der Waals surface area contributed by atoms with E-state index in [0.29, 0.717) is 0 Å². The Labute approximate surface area is 78.7 Å². The minimum absolute atomic E-state index is 0.0639. The number of guanidine groups is 1. The first kappa shape index (κ1) is 10.8. The maximum atomic E-state index is 12.9. The van der Waals surface area contributed by atoms with Gasteiger partial charge in [-0.3, -0.25) is 15.1 Å². The molecular weight excluding hydrogens is 220 g/mol. The van der Waals surface area contributed by atoms with Crippen LogP contribution in [-0.2, 0) is 14.8 Å². The zero-order chi connectivity index (χ0) is 11.3. The van der Waals surface area contributed by atoms with Crippen LogP contribution in [0.5, 0.6) is 0 Å². The van der Waals surface area contributed by atoms with Crippen molar-refractivity contribution in [2.75, 3.05) is 14.1 Å². The lowest BCUT2D eigenvalue weighted by atomic mass is 10.5. The van der Waals surface area contributed by atoms with Gasteiger partial charge in [-0.15, -0.1) is 0 Å². The van der Waals surface area contributed by atoms with Crippen LogP contribution in [-0.4, -0.2) is 48.8 Å². The molecule has 1 N–H and O–H groups in total. The smallest absolute Gasteiger partial charge is 0.279 e. The number of sulfonamides is 1. The van der Waals surface area contributed by atoms with E-state index in [1.54, 1.807) is 0 Å². The van der Waals surface area contributed by atoms with Crippen LogP contribution in [0.25, 0.3) is 0 Å². The molecule has 9 heteroatoms. The molecule has 1 rings (SSSR count). The van der Waals surface area contributed by atoms with Crippen LogP contribution in [0.1, 0.15) is 0 Å². The van der Waals surface area contributed by atoms with E-state index in [1.165, 1.54) is 0 Å².